The van der Waals surface area contributed by atoms with Gasteiger partial charge in [-0.05, 0) is 138 Å². The Kier molecular flexibility index (Phi) is 10.1. The molecule has 1 aliphatic rings. The van der Waals surface area contributed by atoms with Gasteiger partial charge in [-0.1, -0.05) is 231 Å². The average molecular weight is 929 g/mol. The minimum Gasteiger partial charge on any atom is -0.308 e. The van der Waals surface area contributed by atoms with Crippen molar-refractivity contribution < 1.29 is 0 Å². The lowest BCUT2D eigenvalue weighted by atomic mass is 9.67. The fourth-order valence-electron chi connectivity index (χ4n) is 12.0. The van der Waals surface area contributed by atoms with E-state index in [1.165, 1.54) is 93.8 Å². The van der Waals surface area contributed by atoms with Crippen LogP contribution >= 0.6 is 0 Å². The molecule has 0 radical (unpaired) electrons. The van der Waals surface area contributed by atoms with Gasteiger partial charge in [-0.3, -0.25) is 0 Å². The first kappa shape index (κ1) is 42.4. The highest BCUT2D eigenvalue weighted by Crippen LogP contribution is 2.58. The topological polar surface area (TPSA) is 8.17 Å². The molecule has 0 unspecified atom stereocenters. The highest BCUT2D eigenvalue weighted by atomic mass is 15.2. The van der Waals surface area contributed by atoms with Crippen LogP contribution in [0.3, 0.4) is 0 Å². The van der Waals surface area contributed by atoms with Crippen LogP contribution in [0.2, 0.25) is 0 Å². The molecule has 0 bridgehead atoms. The van der Waals surface area contributed by atoms with E-state index in [4.69, 9.17) is 0 Å². The van der Waals surface area contributed by atoms with Crippen molar-refractivity contribution >= 4 is 49.6 Å². The van der Waals surface area contributed by atoms with E-state index in [1.807, 2.05) is 0 Å². The molecule has 12 aromatic carbocycles. The molecule has 0 fully saturated rings. The Morgan fingerprint density at radius 2 is 0.795 bits per heavy atom. The van der Waals surface area contributed by atoms with Gasteiger partial charge < -0.3 is 9.47 Å². The molecule has 1 aliphatic carbocycles. The van der Waals surface area contributed by atoms with E-state index in [9.17, 15) is 0 Å². The van der Waals surface area contributed by atoms with Crippen LogP contribution in [0.15, 0.2) is 291 Å². The molecule has 14 rings (SSSR count). The molecule has 1 heterocycles. The number of rotatable bonds is 9. The van der Waals surface area contributed by atoms with Crippen LogP contribution in [0, 0.1) is 0 Å². The van der Waals surface area contributed by atoms with Gasteiger partial charge in [0.15, 0.2) is 0 Å². The van der Waals surface area contributed by atoms with E-state index in [-0.39, 0.29) is 0 Å². The number of benzene rings is 12. The van der Waals surface area contributed by atoms with Crippen LogP contribution in [0.25, 0.3) is 82.8 Å². The summed E-state index contributed by atoms with van der Waals surface area (Å²) in [6.45, 7) is 0. The van der Waals surface area contributed by atoms with Crippen molar-refractivity contribution in [1.29, 1.82) is 0 Å². The van der Waals surface area contributed by atoms with Crippen LogP contribution in [0.5, 0.6) is 0 Å². The Morgan fingerprint density at radius 3 is 1.49 bits per heavy atom. The zero-order valence-corrected chi connectivity index (χ0v) is 40.1. The number of nitrogens with zero attached hydrogens (tertiary/aromatic N) is 2. The van der Waals surface area contributed by atoms with Gasteiger partial charge in [0, 0.05) is 22.1 Å². The Labute approximate surface area is 426 Å². The van der Waals surface area contributed by atoms with Crippen molar-refractivity contribution in [2.75, 3.05) is 4.90 Å². The smallest absolute Gasteiger partial charge is 0.0713 e. The second kappa shape index (κ2) is 17.4. The van der Waals surface area contributed by atoms with Crippen molar-refractivity contribution in [2.24, 2.45) is 0 Å². The molecule has 0 atom stereocenters. The molecule has 0 spiro atoms. The maximum absolute atomic E-state index is 2.43. The minimum atomic E-state index is -0.471. The van der Waals surface area contributed by atoms with Crippen molar-refractivity contribution in [1.82, 2.24) is 4.57 Å². The van der Waals surface area contributed by atoms with E-state index in [0.29, 0.717) is 0 Å². The van der Waals surface area contributed by atoms with Crippen LogP contribution in [-0.4, -0.2) is 4.57 Å². The van der Waals surface area contributed by atoms with E-state index in [0.717, 1.165) is 28.3 Å². The van der Waals surface area contributed by atoms with Gasteiger partial charge in [-0.25, -0.2) is 0 Å². The second-order valence-corrected chi connectivity index (χ2v) is 19.2. The summed E-state index contributed by atoms with van der Waals surface area (Å²) in [5.41, 5.74) is 21.0. The van der Waals surface area contributed by atoms with Crippen molar-refractivity contribution in [2.45, 2.75) is 5.41 Å². The molecule has 0 saturated carbocycles. The SMILES string of the molecule is c1ccc(C2(c3ccccc3)c3ccccc3-c3c(-c4ccc(N(c5ccc(-c6cccc(-c7ccc8ccccc8c7)c6)cc5)c5ccccc5-n5c6ccccc6c6ccccc65)cc4)cccc32)cc1. The quantitative estimate of drug-likeness (QED) is 0.140. The summed E-state index contributed by atoms with van der Waals surface area (Å²) in [7, 11) is 0. The molecule has 342 valence electrons. The third-order valence-corrected chi connectivity index (χ3v) is 15.3. The maximum atomic E-state index is 2.43. The molecule has 2 heteroatoms. The molecule has 1 aromatic heterocycles. The van der Waals surface area contributed by atoms with Gasteiger partial charge >= 0.3 is 0 Å². The Bertz CT molecular complexity index is 4090. The van der Waals surface area contributed by atoms with Crippen molar-refractivity contribution in [3.05, 3.63) is 313 Å². The van der Waals surface area contributed by atoms with E-state index < -0.39 is 5.41 Å². The van der Waals surface area contributed by atoms with Gasteiger partial charge in [0.2, 0.25) is 0 Å². The molecule has 0 amide bonds. The first-order valence-corrected chi connectivity index (χ1v) is 25.2. The monoisotopic (exact) mass is 928 g/mol. The van der Waals surface area contributed by atoms with Crippen molar-refractivity contribution in [3.63, 3.8) is 0 Å². The summed E-state index contributed by atoms with van der Waals surface area (Å²) in [6, 6.07) is 107. The molecule has 2 nitrogen and oxygen atoms in total. The lowest BCUT2D eigenvalue weighted by Crippen LogP contribution is -2.28. The van der Waals surface area contributed by atoms with Gasteiger partial charge in [-0.15, -0.1) is 0 Å². The third kappa shape index (κ3) is 6.87. The number of anilines is 3. The Hall–Kier alpha value is -9.50. The Morgan fingerprint density at radius 1 is 0.301 bits per heavy atom. The first-order chi connectivity index (χ1) is 36.2. The number of fused-ring (bicyclic) bond motifs is 7. The van der Waals surface area contributed by atoms with Crippen LogP contribution < -0.4 is 4.90 Å². The maximum Gasteiger partial charge on any atom is 0.0713 e. The third-order valence-electron chi connectivity index (χ3n) is 15.3. The number of aromatic nitrogens is 1. The first-order valence-electron chi connectivity index (χ1n) is 25.2. The summed E-state index contributed by atoms with van der Waals surface area (Å²) in [4.78, 5) is 2.43. The summed E-state index contributed by atoms with van der Waals surface area (Å²) < 4.78 is 2.43. The van der Waals surface area contributed by atoms with Gasteiger partial charge in [0.1, 0.15) is 0 Å². The summed E-state index contributed by atoms with van der Waals surface area (Å²) in [6.07, 6.45) is 0. The summed E-state index contributed by atoms with van der Waals surface area (Å²) >= 11 is 0. The van der Waals surface area contributed by atoms with Crippen LogP contribution in [-0.2, 0) is 5.41 Å². The molecule has 0 N–H and O–H groups in total. The molecule has 13 aromatic rings. The largest absolute Gasteiger partial charge is 0.308 e. The predicted molar refractivity (Wildman–Crippen MR) is 307 cm³/mol. The van der Waals surface area contributed by atoms with Crippen LogP contribution in [0.4, 0.5) is 17.1 Å². The van der Waals surface area contributed by atoms with E-state index in [1.54, 1.807) is 0 Å². The fourth-order valence-corrected chi connectivity index (χ4v) is 12.0. The second-order valence-electron chi connectivity index (χ2n) is 19.2. The zero-order chi connectivity index (χ0) is 48.3. The van der Waals surface area contributed by atoms with Crippen molar-refractivity contribution in [3.8, 4) is 50.2 Å². The Balaban J connectivity index is 0.915. The predicted octanol–water partition coefficient (Wildman–Crippen LogP) is 18.8. The molecule has 0 saturated heterocycles. The minimum absolute atomic E-state index is 0.471. The van der Waals surface area contributed by atoms with Gasteiger partial charge in [-0.2, -0.15) is 0 Å². The lowest BCUT2D eigenvalue weighted by Gasteiger charge is -2.34. The highest BCUT2D eigenvalue weighted by molar-refractivity contribution is 6.10. The number of para-hydroxylation sites is 4. The fraction of sp³-hybridized carbons (Fsp3) is 0.0141. The molecular weight excluding hydrogens is 881 g/mol. The molecule has 73 heavy (non-hydrogen) atoms. The standard InChI is InChI=1S/C71H48N2/c1-3-23-56(24-4-1)71(57-25-5-2-6-26-57)64-31-12-9-29-63(64)70-60(30-18-32-65(70)71)51-41-45-59(46-42-51)72(68-35-15-16-36-69(68)73-66-33-13-10-27-61(66)62-28-11-14-34-67(62)73)58-43-39-50(40-44-58)53-21-17-22-54(47-53)55-38-37-49-19-7-8-20-52(49)48-55/h1-48H. The summed E-state index contributed by atoms with van der Waals surface area (Å²) in [5, 5.41) is 4.97. The zero-order valence-electron chi connectivity index (χ0n) is 40.1. The van der Waals surface area contributed by atoms with E-state index >= 15 is 0 Å². The molecular formula is C71H48N2. The highest BCUT2D eigenvalue weighted by Gasteiger charge is 2.46. The van der Waals surface area contributed by atoms with Crippen LogP contribution in [0.1, 0.15) is 22.3 Å². The average Bonchev–Trinajstić information content (AvgIpc) is 3.98. The van der Waals surface area contributed by atoms with Gasteiger partial charge in [0.05, 0.1) is 27.8 Å². The summed E-state index contributed by atoms with van der Waals surface area (Å²) in [5.74, 6) is 0. The molecule has 0 aliphatic heterocycles. The van der Waals surface area contributed by atoms with E-state index in [2.05, 4.69) is 301 Å². The van der Waals surface area contributed by atoms with Gasteiger partial charge in [0.25, 0.3) is 0 Å². The normalized spacial score (nSPS) is 12.5. The number of hydrogen-bond acceptors (Lipinski definition) is 1. The number of hydrogen-bond donors (Lipinski definition) is 0. The lowest BCUT2D eigenvalue weighted by molar-refractivity contribution is 0.768.